The largest absolute Gasteiger partial charge is 0.378 e. The Morgan fingerprint density at radius 2 is 1.95 bits per heavy atom. The highest BCUT2D eigenvalue weighted by atomic mass is 16.2. The Labute approximate surface area is 118 Å². The van der Waals surface area contributed by atoms with Crippen LogP contribution in [-0.4, -0.2) is 56.5 Å². The van der Waals surface area contributed by atoms with Crippen molar-refractivity contribution in [3.8, 4) is 0 Å². The summed E-state index contributed by atoms with van der Waals surface area (Å²) in [5.74, 6) is -0.492. The van der Waals surface area contributed by atoms with E-state index in [1.165, 1.54) is 0 Å². The second kappa shape index (κ2) is 5.92. The third-order valence-electron chi connectivity index (χ3n) is 3.44. The van der Waals surface area contributed by atoms with Gasteiger partial charge in [-0.2, -0.15) is 0 Å². The molecule has 6 heteroatoms. The SMILES string of the molecule is CN(C)c1ccc(C(=O)N2CCN[C@@H](C(N)=O)C2)cc1. The molecule has 1 atom stereocenters. The molecule has 6 nitrogen and oxygen atoms in total. The quantitative estimate of drug-likeness (QED) is 0.791. The molecule has 0 saturated carbocycles. The fraction of sp³-hybridized carbons (Fsp3) is 0.429. The fourth-order valence-corrected chi connectivity index (χ4v) is 2.21. The molecule has 1 fully saturated rings. The van der Waals surface area contributed by atoms with Crippen molar-refractivity contribution in [2.75, 3.05) is 38.6 Å². The van der Waals surface area contributed by atoms with E-state index in [2.05, 4.69) is 5.32 Å². The normalized spacial score (nSPS) is 18.7. The topological polar surface area (TPSA) is 78.7 Å². The monoisotopic (exact) mass is 276 g/mol. The lowest BCUT2D eigenvalue weighted by molar-refractivity contribution is -0.120. The molecule has 0 unspecified atom stereocenters. The lowest BCUT2D eigenvalue weighted by Crippen LogP contribution is -2.57. The van der Waals surface area contributed by atoms with Gasteiger partial charge in [-0.3, -0.25) is 9.59 Å². The van der Waals surface area contributed by atoms with Crippen LogP contribution < -0.4 is 16.0 Å². The van der Waals surface area contributed by atoms with Gasteiger partial charge in [-0.15, -0.1) is 0 Å². The van der Waals surface area contributed by atoms with E-state index < -0.39 is 11.9 Å². The molecule has 0 aliphatic carbocycles. The van der Waals surface area contributed by atoms with Crippen LogP contribution in [0.4, 0.5) is 5.69 Å². The number of amides is 2. The molecule has 1 aromatic rings. The van der Waals surface area contributed by atoms with E-state index >= 15 is 0 Å². The van der Waals surface area contributed by atoms with Crippen LogP contribution in [0.1, 0.15) is 10.4 Å². The van der Waals surface area contributed by atoms with E-state index in [0.717, 1.165) is 5.69 Å². The number of anilines is 1. The number of hydrogen-bond donors (Lipinski definition) is 2. The van der Waals surface area contributed by atoms with E-state index in [9.17, 15) is 9.59 Å². The number of benzene rings is 1. The number of hydrogen-bond acceptors (Lipinski definition) is 4. The first-order valence-electron chi connectivity index (χ1n) is 6.58. The van der Waals surface area contributed by atoms with Crippen molar-refractivity contribution in [1.29, 1.82) is 0 Å². The standard InChI is InChI=1S/C14H20N4O2/c1-17(2)11-5-3-10(4-6-11)14(20)18-8-7-16-12(9-18)13(15)19/h3-6,12,16H,7-9H2,1-2H3,(H2,15,19)/t12-/m1/s1. The van der Waals surface area contributed by atoms with Gasteiger partial charge in [-0.05, 0) is 24.3 Å². The van der Waals surface area contributed by atoms with Gasteiger partial charge >= 0.3 is 0 Å². The molecular formula is C14H20N4O2. The van der Waals surface area contributed by atoms with Crippen LogP contribution >= 0.6 is 0 Å². The smallest absolute Gasteiger partial charge is 0.253 e. The minimum atomic E-state index is -0.464. The van der Waals surface area contributed by atoms with Crippen LogP contribution in [0.3, 0.4) is 0 Å². The molecule has 0 spiro atoms. The van der Waals surface area contributed by atoms with Gasteiger partial charge in [0.2, 0.25) is 5.91 Å². The van der Waals surface area contributed by atoms with Gasteiger partial charge in [0.05, 0.1) is 0 Å². The zero-order valence-corrected chi connectivity index (χ0v) is 11.8. The molecule has 0 aromatic heterocycles. The number of nitrogens with one attached hydrogen (secondary N) is 1. The number of primary amides is 1. The third-order valence-corrected chi connectivity index (χ3v) is 3.44. The minimum absolute atomic E-state index is 0.0666. The van der Waals surface area contributed by atoms with E-state index in [1.807, 2.05) is 31.1 Å². The maximum Gasteiger partial charge on any atom is 0.253 e. The molecular weight excluding hydrogens is 256 g/mol. The summed E-state index contributed by atoms with van der Waals surface area (Å²) >= 11 is 0. The molecule has 0 radical (unpaired) electrons. The van der Waals surface area contributed by atoms with E-state index in [4.69, 9.17) is 5.73 Å². The molecule has 0 bridgehead atoms. The predicted molar refractivity (Wildman–Crippen MR) is 77.7 cm³/mol. The lowest BCUT2D eigenvalue weighted by Gasteiger charge is -2.32. The molecule has 2 rings (SSSR count). The van der Waals surface area contributed by atoms with Gasteiger partial charge in [0.25, 0.3) is 5.91 Å². The number of rotatable bonds is 3. The van der Waals surface area contributed by atoms with E-state index in [1.54, 1.807) is 17.0 Å². The Morgan fingerprint density at radius 1 is 1.30 bits per heavy atom. The summed E-state index contributed by atoms with van der Waals surface area (Å²) in [6, 6.07) is 6.95. The second-order valence-electron chi connectivity index (χ2n) is 5.10. The van der Waals surface area contributed by atoms with Crippen molar-refractivity contribution in [1.82, 2.24) is 10.2 Å². The van der Waals surface area contributed by atoms with Crippen LogP contribution in [0, 0.1) is 0 Å². The Hall–Kier alpha value is -2.08. The van der Waals surface area contributed by atoms with Crippen molar-refractivity contribution in [3.63, 3.8) is 0 Å². The zero-order valence-electron chi connectivity index (χ0n) is 11.8. The first-order valence-corrected chi connectivity index (χ1v) is 6.58. The van der Waals surface area contributed by atoms with Crippen LogP contribution in [0.25, 0.3) is 0 Å². The number of carbonyl (C=O) groups is 2. The van der Waals surface area contributed by atoms with Crippen LogP contribution in [0.2, 0.25) is 0 Å². The Kier molecular flexibility index (Phi) is 4.24. The molecule has 1 saturated heterocycles. The van der Waals surface area contributed by atoms with Crippen molar-refractivity contribution in [2.45, 2.75) is 6.04 Å². The molecule has 1 heterocycles. The summed E-state index contributed by atoms with van der Waals surface area (Å²) in [6.45, 7) is 1.48. The van der Waals surface area contributed by atoms with Crippen LogP contribution in [0.15, 0.2) is 24.3 Å². The highest BCUT2D eigenvalue weighted by Crippen LogP contribution is 2.14. The number of nitrogens with zero attached hydrogens (tertiary/aromatic N) is 2. The maximum atomic E-state index is 12.4. The Balaban J connectivity index is 2.08. The van der Waals surface area contributed by atoms with Crippen molar-refractivity contribution in [2.24, 2.45) is 5.73 Å². The molecule has 108 valence electrons. The number of nitrogens with two attached hydrogens (primary N) is 1. The molecule has 1 aliphatic rings. The van der Waals surface area contributed by atoms with Gasteiger partial charge in [0.15, 0.2) is 0 Å². The van der Waals surface area contributed by atoms with Gasteiger partial charge in [-0.1, -0.05) is 0 Å². The molecule has 1 aliphatic heterocycles. The highest BCUT2D eigenvalue weighted by Gasteiger charge is 2.26. The summed E-state index contributed by atoms with van der Waals surface area (Å²) in [7, 11) is 3.90. The molecule has 3 N–H and O–H groups in total. The number of piperazine rings is 1. The summed E-state index contributed by atoms with van der Waals surface area (Å²) in [4.78, 5) is 27.2. The Morgan fingerprint density at radius 3 is 2.50 bits per heavy atom. The van der Waals surface area contributed by atoms with E-state index in [-0.39, 0.29) is 5.91 Å². The average molecular weight is 276 g/mol. The predicted octanol–water partition coefficient (Wildman–Crippen LogP) is -0.348. The van der Waals surface area contributed by atoms with E-state index in [0.29, 0.717) is 25.2 Å². The van der Waals surface area contributed by atoms with Crippen molar-refractivity contribution >= 4 is 17.5 Å². The van der Waals surface area contributed by atoms with Gasteiger partial charge in [-0.25, -0.2) is 0 Å². The van der Waals surface area contributed by atoms with Gasteiger partial charge in [0.1, 0.15) is 6.04 Å². The third kappa shape index (κ3) is 3.08. The summed E-state index contributed by atoms with van der Waals surface area (Å²) in [6.07, 6.45) is 0. The average Bonchev–Trinajstić information content (AvgIpc) is 2.46. The van der Waals surface area contributed by atoms with Gasteiger partial charge in [0, 0.05) is 45.0 Å². The minimum Gasteiger partial charge on any atom is -0.378 e. The Bertz CT molecular complexity index is 498. The summed E-state index contributed by atoms with van der Waals surface area (Å²) < 4.78 is 0. The first-order chi connectivity index (χ1) is 9.49. The molecule has 20 heavy (non-hydrogen) atoms. The maximum absolute atomic E-state index is 12.4. The zero-order chi connectivity index (χ0) is 14.7. The summed E-state index contributed by atoms with van der Waals surface area (Å²) in [5, 5.41) is 3.00. The van der Waals surface area contributed by atoms with Crippen LogP contribution in [-0.2, 0) is 4.79 Å². The fourth-order valence-electron chi connectivity index (χ4n) is 2.21. The summed E-state index contributed by atoms with van der Waals surface area (Å²) in [5.41, 5.74) is 6.94. The van der Waals surface area contributed by atoms with Crippen LogP contribution in [0.5, 0.6) is 0 Å². The second-order valence-corrected chi connectivity index (χ2v) is 5.10. The molecule has 2 amide bonds. The highest BCUT2D eigenvalue weighted by molar-refractivity contribution is 5.95. The lowest BCUT2D eigenvalue weighted by atomic mass is 10.1. The van der Waals surface area contributed by atoms with Gasteiger partial charge < -0.3 is 20.9 Å². The first kappa shape index (κ1) is 14.3. The van der Waals surface area contributed by atoms with Crippen molar-refractivity contribution in [3.05, 3.63) is 29.8 Å². The van der Waals surface area contributed by atoms with Crippen molar-refractivity contribution < 1.29 is 9.59 Å². The molecule has 1 aromatic carbocycles. The number of carbonyl (C=O) groups excluding carboxylic acids is 2.